The number of para-hydroxylation sites is 1. The van der Waals surface area contributed by atoms with E-state index in [1.807, 2.05) is 48.5 Å². The Balaban J connectivity index is 1.31. The number of anilines is 5. The zero-order valence-electron chi connectivity index (χ0n) is 20.2. The SMILES string of the molecule is CC(=O)CCCOCCOCCNc1nc(Nc2ccccc2)nc(Nc2ccc3c(c2)N=NC3)n1. The summed E-state index contributed by atoms with van der Waals surface area (Å²) in [5.74, 6) is 1.39. The fourth-order valence-corrected chi connectivity index (χ4v) is 3.38. The van der Waals surface area contributed by atoms with Crippen molar-refractivity contribution in [2.24, 2.45) is 10.2 Å². The topological polar surface area (TPSA) is 135 Å². The molecule has 0 saturated heterocycles. The number of carbonyl (C=O) groups excluding carboxylic acids is 1. The lowest BCUT2D eigenvalue weighted by atomic mass is 10.2. The Bertz CT molecular complexity index is 1170. The van der Waals surface area contributed by atoms with Gasteiger partial charge in [0.15, 0.2) is 0 Å². The van der Waals surface area contributed by atoms with E-state index in [0.717, 1.165) is 29.0 Å². The van der Waals surface area contributed by atoms with E-state index in [1.165, 1.54) is 0 Å². The second kappa shape index (κ2) is 13.2. The minimum absolute atomic E-state index is 0.179. The van der Waals surface area contributed by atoms with Crippen molar-refractivity contribution in [3.05, 3.63) is 54.1 Å². The smallest absolute Gasteiger partial charge is 0.233 e. The fourth-order valence-electron chi connectivity index (χ4n) is 3.38. The molecule has 1 aliphatic rings. The van der Waals surface area contributed by atoms with Crippen LogP contribution in [0.2, 0.25) is 0 Å². The third-order valence-electron chi connectivity index (χ3n) is 5.15. The molecule has 11 heteroatoms. The van der Waals surface area contributed by atoms with E-state index in [-0.39, 0.29) is 5.78 Å². The maximum Gasteiger partial charge on any atom is 0.233 e. The van der Waals surface area contributed by atoms with Crippen LogP contribution in [0, 0.1) is 0 Å². The molecule has 2 aromatic carbocycles. The van der Waals surface area contributed by atoms with Crippen LogP contribution in [-0.2, 0) is 20.8 Å². The van der Waals surface area contributed by atoms with E-state index in [2.05, 4.69) is 41.1 Å². The van der Waals surface area contributed by atoms with Gasteiger partial charge in [0, 0.05) is 36.5 Å². The highest BCUT2D eigenvalue weighted by atomic mass is 16.5. The van der Waals surface area contributed by atoms with Crippen LogP contribution < -0.4 is 16.0 Å². The van der Waals surface area contributed by atoms with Crippen LogP contribution in [0.15, 0.2) is 58.8 Å². The molecule has 188 valence electrons. The molecule has 4 rings (SSSR count). The van der Waals surface area contributed by atoms with Gasteiger partial charge < -0.3 is 30.2 Å². The van der Waals surface area contributed by atoms with Crippen molar-refractivity contribution in [2.75, 3.05) is 48.9 Å². The lowest BCUT2D eigenvalue weighted by Crippen LogP contribution is -2.15. The minimum atomic E-state index is 0.179. The van der Waals surface area contributed by atoms with Gasteiger partial charge in [0.2, 0.25) is 17.8 Å². The van der Waals surface area contributed by atoms with Crippen molar-refractivity contribution in [2.45, 2.75) is 26.3 Å². The quantitative estimate of drug-likeness (QED) is 0.257. The molecule has 0 amide bonds. The first kappa shape index (κ1) is 25.1. The van der Waals surface area contributed by atoms with Gasteiger partial charge in [-0.1, -0.05) is 24.3 Å². The minimum Gasteiger partial charge on any atom is -0.379 e. The summed E-state index contributed by atoms with van der Waals surface area (Å²) in [4.78, 5) is 24.4. The number of nitrogens with one attached hydrogen (secondary N) is 3. The first-order valence-electron chi connectivity index (χ1n) is 11.9. The molecule has 0 unspecified atom stereocenters. The highest BCUT2D eigenvalue weighted by molar-refractivity contribution is 5.75. The zero-order valence-corrected chi connectivity index (χ0v) is 20.2. The molecule has 2 heterocycles. The van der Waals surface area contributed by atoms with E-state index in [1.54, 1.807) is 6.92 Å². The number of azo groups is 1. The maximum atomic E-state index is 10.9. The van der Waals surface area contributed by atoms with Crippen LogP contribution in [-0.4, -0.2) is 53.7 Å². The van der Waals surface area contributed by atoms with E-state index < -0.39 is 0 Å². The largest absolute Gasteiger partial charge is 0.379 e. The average molecular weight is 491 g/mol. The molecule has 0 spiro atoms. The number of Topliss-reactive ketones (excluding diaryl/α,β-unsaturated/α-hetero) is 1. The van der Waals surface area contributed by atoms with E-state index >= 15 is 0 Å². The Morgan fingerprint density at radius 3 is 2.36 bits per heavy atom. The van der Waals surface area contributed by atoms with Gasteiger partial charge in [-0.15, -0.1) is 0 Å². The van der Waals surface area contributed by atoms with E-state index in [9.17, 15) is 4.79 Å². The van der Waals surface area contributed by atoms with Gasteiger partial charge in [0.25, 0.3) is 0 Å². The summed E-state index contributed by atoms with van der Waals surface area (Å²) < 4.78 is 11.1. The Morgan fingerprint density at radius 1 is 0.861 bits per heavy atom. The Labute approximate surface area is 209 Å². The van der Waals surface area contributed by atoms with Crippen molar-refractivity contribution in [1.29, 1.82) is 0 Å². The van der Waals surface area contributed by atoms with Crippen molar-refractivity contribution >= 4 is 40.7 Å². The molecule has 3 aromatic rings. The number of fused-ring (bicyclic) bond motifs is 1. The first-order chi connectivity index (χ1) is 17.7. The summed E-state index contributed by atoms with van der Waals surface area (Å²) in [5.41, 5.74) is 3.61. The third-order valence-corrected chi connectivity index (χ3v) is 5.15. The molecule has 3 N–H and O–H groups in total. The van der Waals surface area contributed by atoms with Crippen LogP contribution in [0.4, 0.5) is 34.9 Å². The molecule has 1 aromatic heterocycles. The Kier molecular flexibility index (Phi) is 9.23. The van der Waals surface area contributed by atoms with Crippen LogP contribution in [0.1, 0.15) is 25.3 Å². The summed E-state index contributed by atoms with van der Waals surface area (Å²) in [6.45, 7) is 4.69. The Morgan fingerprint density at radius 2 is 1.58 bits per heavy atom. The summed E-state index contributed by atoms with van der Waals surface area (Å²) in [5, 5.41) is 17.8. The molecule has 0 radical (unpaired) electrons. The zero-order chi connectivity index (χ0) is 25.0. The number of hydrogen-bond acceptors (Lipinski definition) is 11. The second-order valence-corrected chi connectivity index (χ2v) is 8.12. The predicted octanol–water partition coefficient (Wildman–Crippen LogP) is 4.77. The number of aromatic nitrogens is 3. The van der Waals surface area contributed by atoms with Gasteiger partial charge in [-0.05, 0) is 37.6 Å². The van der Waals surface area contributed by atoms with Gasteiger partial charge in [0.05, 0.1) is 32.1 Å². The van der Waals surface area contributed by atoms with Crippen molar-refractivity contribution in [1.82, 2.24) is 15.0 Å². The van der Waals surface area contributed by atoms with Crippen LogP contribution in [0.5, 0.6) is 0 Å². The summed E-state index contributed by atoms with van der Waals surface area (Å²) in [6, 6.07) is 15.6. The predicted molar refractivity (Wildman–Crippen MR) is 138 cm³/mol. The van der Waals surface area contributed by atoms with Gasteiger partial charge in [-0.25, -0.2) is 0 Å². The number of ether oxygens (including phenoxy) is 2. The van der Waals surface area contributed by atoms with E-state index in [4.69, 9.17) is 9.47 Å². The molecular formula is C25H30N8O3. The highest BCUT2D eigenvalue weighted by Gasteiger charge is 2.11. The average Bonchev–Trinajstić information content (AvgIpc) is 3.33. The summed E-state index contributed by atoms with van der Waals surface area (Å²) in [6.07, 6.45) is 1.29. The number of carbonyl (C=O) groups is 1. The van der Waals surface area contributed by atoms with Gasteiger partial charge >= 0.3 is 0 Å². The van der Waals surface area contributed by atoms with Crippen LogP contribution in [0.3, 0.4) is 0 Å². The standard InChI is InChI=1S/C25H30N8O3/c1-18(34)6-5-12-35-14-15-36-13-11-26-23-30-24(28-20-7-3-2-4-8-20)32-25(31-23)29-21-10-9-19-17-27-33-22(19)16-21/h2-4,7-10,16H,5-6,11-15,17H2,1H3,(H3,26,28,29,30,31,32). The molecule has 0 atom stereocenters. The number of rotatable bonds is 15. The summed E-state index contributed by atoms with van der Waals surface area (Å²) >= 11 is 0. The van der Waals surface area contributed by atoms with Crippen molar-refractivity contribution < 1.29 is 14.3 Å². The highest BCUT2D eigenvalue weighted by Crippen LogP contribution is 2.30. The molecule has 0 bridgehead atoms. The summed E-state index contributed by atoms with van der Waals surface area (Å²) in [7, 11) is 0. The third kappa shape index (κ3) is 8.07. The van der Waals surface area contributed by atoms with Crippen LogP contribution >= 0.6 is 0 Å². The van der Waals surface area contributed by atoms with Gasteiger partial charge in [0.1, 0.15) is 5.78 Å². The van der Waals surface area contributed by atoms with Crippen LogP contribution in [0.25, 0.3) is 0 Å². The van der Waals surface area contributed by atoms with Crippen molar-refractivity contribution in [3.63, 3.8) is 0 Å². The van der Waals surface area contributed by atoms with Crippen molar-refractivity contribution in [3.8, 4) is 0 Å². The molecular weight excluding hydrogens is 460 g/mol. The molecule has 36 heavy (non-hydrogen) atoms. The maximum absolute atomic E-state index is 10.9. The molecule has 11 nitrogen and oxygen atoms in total. The lowest BCUT2D eigenvalue weighted by Gasteiger charge is -2.12. The van der Waals surface area contributed by atoms with Gasteiger partial charge in [-0.3, -0.25) is 0 Å². The number of benzene rings is 2. The number of nitrogens with zero attached hydrogens (tertiary/aromatic N) is 5. The van der Waals surface area contributed by atoms with E-state index in [0.29, 0.717) is 63.8 Å². The molecule has 1 aliphatic heterocycles. The molecule has 0 aliphatic carbocycles. The molecule has 0 saturated carbocycles. The fraction of sp³-hybridized carbons (Fsp3) is 0.360. The van der Waals surface area contributed by atoms with Gasteiger partial charge in [-0.2, -0.15) is 25.2 Å². The number of hydrogen-bond donors (Lipinski definition) is 3. The normalized spacial score (nSPS) is 11.8. The number of ketones is 1. The first-order valence-corrected chi connectivity index (χ1v) is 11.9. The Hall–Kier alpha value is -3.96. The molecule has 0 fully saturated rings. The monoisotopic (exact) mass is 490 g/mol. The lowest BCUT2D eigenvalue weighted by molar-refractivity contribution is -0.117. The second-order valence-electron chi connectivity index (χ2n) is 8.12.